The van der Waals surface area contributed by atoms with E-state index < -0.39 is 0 Å². The average Bonchev–Trinajstić information content (AvgIpc) is 3.05. The molecule has 6 nitrogen and oxygen atoms in total. The summed E-state index contributed by atoms with van der Waals surface area (Å²) >= 11 is 0. The van der Waals surface area contributed by atoms with Crippen LogP contribution in [0.15, 0.2) is 4.42 Å². The first kappa shape index (κ1) is 14.1. The lowest BCUT2D eigenvalue weighted by atomic mass is 9.97. The van der Waals surface area contributed by atoms with Crippen LogP contribution in [0, 0.1) is 26.7 Å². The Kier molecular flexibility index (Phi) is 3.71. The van der Waals surface area contributed by atoms with Gasteiger partial charge in [0.05, 0.1) is 5.56 Å². The van der Waals surface area contributed by atoms with Gasteiger partial charge in [-0.15, -0.1) is 5.10 Å². The first-order chi connectivity index (χ1) is 10.1. The zero-order chi connectivity index (χ0) is 15.0. The minimum Gasteiger partial charge on any atom is -0.466 e. The van der Waals surface area contributed by atoms with Crippen LogP contribution in [0.5, 0.6) is 0 Å². The number of anilines is 1. The third kappa shape index (κ3) is 2.55. The molecule has 0 spiro atoms. The van der Waals surface area contributed by atoms with Crippen LogP contribution in [0.4, 0.5) is 5.95 Å². The number of H-pyrrole nitrogens is 1. The molecule has 0 unspecified atom stereocenters. The molecule has 0 aromatic carbocycles. The average molecular weight is 289 g/mol. The Morgan fingerprint density at radius 1 is 1.24 bits per heavy atom. The highest BCUT2D eigenvalue weighted by atomic mass is 16.3. The highest BCUT2D eigenvalue weighted by molar-refractivity contribution is 5.64. The molecule has 3 rings (SSSR count). The van der Waals surface area contributed by atoms with Gasteiger partial charge in [-0.25, -0.2) is 0 Å². The molecule has 6 heteroatoms. The molecule has 3 N–H and O–H groups in total. The number of piperidine rings is 1. The minimum absolute atomic E-state index is 0.640. The summed E-state index contributed by atoms with van der Waals surface area (Å²) in [7, 11) is 0. The van der Waals surface area contributed by atoms with Crippen LogP contribution in [-0.4, -0.2) is 34.8 Å². The smallest absolute Gasteiger partial charge is 0.245 e. The molecule has 114 valence electrons. The number of nitrogens with two attached hydrogens (primary N) is 1. The van der Waals surface area contributed by atoms with Gasteiger partial charge in [-0.3, -0.25) is 5.10 Å². The number of rotatable bonds is 3. The fraction of sp³-hybridized carbons (Fsp3) is 0.600. The highest BCUT2D eigenvalue weighted by Gasteiger charge is 2.22. The van der Waals surface area contributed by atoms with Crippen molar-refractivity contribution in [1.82, 2.24) is 15.2 Å². The highest BCUT2D eigenvalue weighted by Crippen LogP contribution is 2.30. The summed E-state index contributed by atoms with van der Waals surface area (Å²) in [5.74, 6) is 4.02. The molecule has 1 saturated heterocycles. The second-order valence-electron chi connectivity index (χ2n) is 5.86. The van der Waals surface area contributed by atoms with Crippen molar-refractivity contribution >= 4 is 5.95 Å². The van der Waals surface area contributed by atoms with Crippen molar-refractivity contribution in [2.75, 3.05) is 24.5 Å². The molecule has 0 saturated carbocycles. The first-order valence-corrected chi connectivity index (χ1v) is 7.54. The van der Waals surface area contributed by atoms with Crippen LogP contribution >= 0.6 is 0 Å². The number of aromatic amines is 1. The summed E-state index contributed by atoms with van der Waals surface area (Å²) in [5.41, 5.74) is 7.89. The van der Waals surface area contributed by atoms with E-state index in [2.05, 4.69) is 27.0 Å². The van der Waals surface area contributed by atoms with Gasteiger partial charge in [0.25, 0.3) is 0 Å². The lowest BCUT2D eigenvalue weighted by Gasteiger charge is -2.30. The van der Waals surface area contributed by atoms with E-state index in [-0.39, 0.29) is 0 Å². The van der Waals surface area contributed by atoms with Gasteiger partial charge in [-0.05, 0) is 46.1 Å². The first-order valence-electron chi connectivity index (χ1n) is 7.54. The maximum atomic E-state index is 5.74. The van der Waals surface area contributed by atoms with Crippen LogP contribution < -0.4 is 10.6 Å². The fourth-order valence-electron chi connectivity index (χ4n) is 3.02. The number of nitrogens with one attached hydrogen (secondary N) is 1. The largest absolute Gasteiger partial charge is 0.466 e. The lowest BCUT2D eigenvalue weighted by Crippen LogP contribution is -2.36. The Bertz CT molecular complexity index is 622. The summed E-state index contributed by atoms with van der Waals surface area (Å²) in [6, 6.07) is 0. The molecule has 1 aliphatic rings. The molecule has 21 heavy (non-hydrogen) atoms. The number of nitrogens with zero attached hydrogens (tertiary/aromatic N) is 3. The van der Waals surface area contributed by atoms with Crippen LogP contribution in [0.2, 0.25) is 0 Å². The number of hydrogen-bond acceptors (Lipinski definition) is 5. The molecule has 0 atom stereocenters. The van der Waals surface area contributed by atoms with Crippen LogP contribution in [0.3, 0.4) is 0 Å². The van der Waals surface area contributed by atoms with Crippen molar-refractivity contribution < 1.29 is 4.42 Å². The maximum absolute atomic E-state index is 5.74. The van der Waals surface area contributed by atoms with Crippen LogP contribution in [0.25, 0.3) is 11.4 Å². The Morgan fingerprint density at radius 2 is 1.95 bits per heavy atom. The number of hydrogen-bond donors (Lipinski definition) is 2. The van der Waals surface area contributed by atoms with Crippen LogP contribution in [-0.2, 0) is 0 Å². The molecule has 1 fully saturated rings. The van der Waals surface area contributed by atoms with Gasteiger partial charge in [-0.2, -0.15) is 4.98 Å². The van der Waals surface area contributed by atoms with Crippen molar-refractivity contribution in [3.63, 3.8) is 0 Å². The van der Waals surface area contributed by atoms with Crippen molar-refractivity contribution in [3.05, 3.63) is 17.1 Å². The molecule has 0 aliphatic carbocycles. The second kappa shape index (κ2) is 5.52. The summed E-state index contributed by atoms with van der Waals surface area (Å²) < 4.78 is 5.67. The predicted octanol–water partition coefficient (Wildman–Crippen LogP) is 2.17. The Balaban J connectivity index is 1.81. The lowest BCUT2D eigenvalue weighted by molar-refractivity contribution is 0.411. The second-order valence-corrected chi connectivity index (χ2v) is 5.86. The molecule has 0 amide bonds. The molecule has 0 bridgehead atoms. The van der Waals surface area contributed by atoms with Crippen molar-refractivity contribution in [2.45, 2.75) is 33.6 Å². The summed E-state index contributed by atoms with van der Waals surface area (Å²) in [4.78, 5) is 6.88. The molecule has 3 heterocycles. The van der Waals surface area contributed by atoms with E-state index in [1.165, 1.54) is 0 Å². The third-order valence-corrected chi connectivity index (χ3v) is 4.50. The van der Waals surface area contributed by atoms with E-state index in [0.29, 0.717) is 5.92 Å². The molecule has 1 aliphatic heterocycles. The number of aromatic nitrogens is 3. The van der Waals surface area contributed by atoms with E-state index in [4.69, 9.17) is 10.2 Å². The monoisotopic (exact) mass is 289 g/mol. The molecule has 2 aromatic rings. The summed E-state index contributed by atoms with van der Waals surface area (Å²) in [5, 5.41) is 7.43. The SMILES string of the molecule is Cc1oc(C)c(-c2nc(N3CCC(CN)CC3)n[nH]2)c1C. The third-order valence-electron chi connectivity index (χ3n) is 4.50. The molecule has 0 radical (unpaired) electrons. The molecule has 2 aromatic heterocycles. The van der Waals surface area contributed by atoms with Gasteiger partial charge in [0, 0.05) is 18.7 Å². The van der Waals surface area contributed by atoms with Crippen LogP contribution in [0.1, 0.15) is 29.9 Å². The summed E-state index contributed by atoms with van der Waals surface area (Å²) in [6.45, 7) is 8.71. The van der Waals surface area contributed by atoms with E-state index in [1.54, 1.807) is 0 Å². The van der Waals surface area contributed by atoms with Crippen molar-refractivity contribution in [3.8, 4) is 11.4 Å². The van der Waals surface area contributed by atoms with Crippen molar-refractivity contribution in [1.29, 1.82) is 0 Å². The number of furan rings is 1. The van der Waals surface area contributed by atoms with Gasteiger partial charge in [0.1, 0.15) is 11.5 Å². The summed E-state index contributed by atoms with van der Waals surface area (Å²) in [6.07, 6.45) is 2.23. The van der Waals surface area contributed by atoms with E-state index >= 15 is 0 Å². The minimum atomic E-state index is 0.640. The van der Waals surface area contributed by atoms with Gasteiger partial charge < -0.3 is 15.1 Å². The maximum Gasteiger partial charge on any atom is 0.245 e. The predicted molar refractivity (Wildman–Crippen MR) is 82.3 cm³/mol. The zero-order valence-corrected chi connectivity index (χ0v) is 12.9. The molecular weight excluding hydrogens is 266 g/mol. The Hall–Kier alpha value is -1.82. The standard InChI is InChI=1S/C15H23N5O/c1-9-10(2)21-11(3)13(9)14-17-15(19-18-14)20-6-4-12(8-16)5-7-20/h12H,4-8,16H2,1-3H3,(H,17,18,19). The van der Waals surface area contributed by atoms with E-state index in [1.807, 2.05) is 13.8 Å². The topological polar surface area (TPSA) is 84.0 Å². The van der Waals surface area contributed by atoms with Gasteiger partial charge in [0.2, 0.25) is 5.95 Å². The Labute approximate surface area is 124 Å². The van der Waals surface area contributed by atoms with Gasteiger partial charge >= 0.3 is 0 Å². The van der Waals surface area contributed by atoms with Gasteiger partial charge in [0.15, 0.2) is 5.82 Å². The Morgan fingerprint density at radius 3 is 2.52 bits per heavy atom. The fourth-order valence-corrected chi connectivity index (χ4v) is 3.02. The normalized spacial score (nSPS) is 16.7. The van der Waals surface area contributed by atoms with Crippen molar-refractivity contribution in [2.24, 2.45) is 11.7 Å². The van der Waals surface area contributed by atoms with E-state index in [9.17, 15) is 0 Å². The quantitative estimate of drug-likeness (QED) is 0.904. The zero-order valence-electron chi connectivity index (χ0n) is 12.9. The number of aryl methyl sites for hydroxylation is 2. The molecular formula is C15H23N5O. The van der Waals surface area contributed by atoms with Gasteiger partial charge in [-0.1, -0.05) is 0 Å². The van der Waals surface area contributed by atoms with E-state index in [0.717, 1.165) is 66.9 Å².